The van der Waals surface area contributed by atoms with E-state index in [-0.39, 0.29) is 6.61 Å². The Bertz CT molecular complexity index is 1060. The van der Waals surface area contributed by atoms with Gasteiger partial charge in [0.1, 0.15) is 12.4 Å². The highest BCUT2D eigenvalue weighted by atomic mass is 16.5. The van der Waals surface area contributed by atoms with Crippen molar-refractivity contribution in [3.8, 4) is 28.6 Å². The number of hydrogen-bond acceptors (Lipinski definition) is 5. The summed E-state index contributed by atoms with van der Waals surface area (Å²) in [5.41, 5.74) is 3.64. The number of para-hydroxylation sites is 1. The van der Waals surface area contributed by atoms with E-state index < -0.39 is 0 Å². The van der Waals surface area contributed by atoms with E-state index in [1.807, 2.05) is 78.9 Å². The number of hydrogen-bond donors (Lipinski definition) is 0. The molecule has 0 fully saturated rings. The molecule has 6 heteroatoms. The van der Waals surface area contributed by atoms with Crippen molar-refractivity contribution in [2.75, 3.05) is 0 Å². The molecule has 3 aromatic carbocycles. The average Bonchev–Trinajstić information content (AvgIpc) is 3.22. The van der Waals surface area contributed by atoms with Gasteiger partial charge in [-0.15, -0.1) is 5.10 Å². The molecular formula is C21H15N5O. The Morgan fingerprint density at radius 3 is 2.19 bits per heavy atom. The third-order valence-corrected chi connectivity index (χ3v) is 4.10. The van der Waals surface area contributed by atoms with E-state index in [9.17, 15) is 0 Å². The summed E-state index contributed by atoms with van der Waals surface area (Å²) in [5, 5.41) is 20.7. The van der Waals surface area contributed by atoms with Gasteiger partial charge in [-0.2, -0.15) is 9.94 Å². The lowest BCUT2D eigenvalue weighted by Gasteiger charge is -2.08. The lowest BCUT2D eigenvalue weighted by molar-refractivity contribution is 0.292. The quantitative estimate of drug-likeness (QED) is 0.546. The summed E-state index contributed by atoms with van der Waals surface area (Å²) in [6, 6.07) is 27.1. The van der Waals surface area contributed by atoms with Crippen LogP contribution in [0.5, 0.6) is 5.75 Å². The minimum Gasteiger partial charge on any atom is -0.486 e. The first-order chi connectivity index (χ1) is 13.3. The van der Waals surface area contributed by atoms with E-state index in [0.29, 0.717) is 11.4 Å². The van der Waals surface area contributed by atoms with Gasteiger partial charge in [-0.1, -0.05) is 42.5 Å². The minimum absolute atomic E-state index is 0.262. The topological polar surface area (TPSA) is 76.6 Å². The molecule has 0 bridgehead atoms. The Kier molecular flexibility index (Phi) is 4.58. The molecule has 0 saturated heterocycles. The molecule has 0 saturated carbocycles. The second-order valence-corrected chi connectivity index (χ2v) is 5.84. The van der Waals surface area contributed by atoms with Crippen LogP contribution >= 0.6 is 0 Å². The number of rotatable bonds is 5. The minimum atomic E-state index is 0.262. The van der Waals surface area contributed by atoms with Gasteiger partial charge >= 0.3 is 0 Å². The molecule has 0 aliphatic carbocycles. The zero-order valence-electron chi connectivity index (χ0n) is 14.4. The van der Waals surface area contributed by atoms with Crippen molar-refractivity contribution in [1.29, 1.82) is 5.26 Å². The summed E-state index contributed by atoms with van der Waals surface area (Å²) in [6.07, 6.45) is 0. The van der Waals surface area contributed by atoms with Crippen LogP contribution in [0.3, 0.4) is 0 Å². The fourth-order valence-corrected chi connectivity index (χ4v) is 2.69. The van der Waals surface area contributed by atoms with Gasteiger partial charge in [-0.05, 0) is 58.0 Å². The number of benzene rings is 3. The van der Waals surface area contributed by atoms with Crippen LogP contribution in [0.1, 0.15) is 11.4 Å². The highest BCUT2D eigenvalue weighted by molar-refractivity contribution is 5.64. The molecule has 0 atom stereocenters. The van der Waals surface area contributed by atoms with Crippen LogP contribution in [0.25, 0.3) is 16.8 Å². The Morgan fingerprint density at radius 1 is 0.852 bits per heavy atom. The van der Waals surface area contributed by atoms with Crippen LogP contribution in [-0.2, 0) is 6.61 Å². The highest BCUT2D eigenvalue weighted by Crippen LogP contribution is 2.23. The van der Waals surface area contributed by atoms with Gasteiger partial charge in [0.2, 0.25) is 0 Å². The van der Waals surface area contributed by atoms with Crippen molar-refractivity contribution in [3.63, 3.8) is 0 Å². The second-order valence-electron chi connectivity index (χ2n) is 5.84. The molecule has 4 rings (SSSR count). The van der Waals surface area contributed by atoms with E-state index >= 15 is 0 Å². The van der Waals surface area contributed by atoms with Gasteiger partial charge < -0.3 is 4.74 Å². The van der Waals surface area contributed by atoms with E-state index in [1.165, 1.54) is 0 Å². The summed E-state index contributed by atoms with van der Waals surface area (Å²) < 4.78 is 7.49. The summed E-state index contributed by atoms with van der Waals surface area (Å²) in [5.74, 6) is 1.35. The Hall–Kier alpha value is -3.98. The van der Waals surface area contributed by atoms with Crippen LogP contribution in [0.4, 0.5) is 0 Å². The molecular weight excluding hydrogens is 338 g/mol. The second kappa shape index (κ2) is 7.50. The van der Waals surface area contributed by atoms with Gasteiger partial charge in [0.25, 0.3) is 0 Å². The summed E-state index contributed by atoms with van der Waals surface area (Å²) in [4.78, 5) is 0. The number of nitrogens with zero attached hydrogens (tertiary/aromatic N) is 5. The van der Waals surface area contributed by atoms with Crippen molar-refractivity contribution < 1.29 is 4.74 Å². The van der Waals surface area contributed by atoms with Gasteiger partial charge in [-0.25, -0.2) is 0 Å². The third kappa shape index (κ3) is 3.67. The first kappa shape index (κ1) is 16.5. The normalized spacial score (nSPS) is 10.3. The van der Waals surface area contributed by atoms with Gasteiger partial charge in [0.05, 0.1) is 17.3 Å². The predicted molar refractivity (Wildman–Crippen MR) is 100 cm³/mol. The number of aromatic nitrogens is 4. The number of ether oxygens (including phenoxy) is 1. The fourth-order valence-electron chi connectivity index (χ4n) is 2.69. The lowest BCUT2D eigenvalue weighted by atomic mass is 10.0. The largest absolute Gasteiger partial charge is 0.486 e. The molecule has 0 radical (unpaired) electrons. The molecule has 0 aliphatic rings. The van der Waals surface area contributed by atoms with Gasteiger partial charge in [0.15, 0.2) is 5.82 Å². The monoisotopic (exact) mass is 353 g/mol. The fraction of sp³-hybridized carbons (Fsp3) is 0.0476. The van der Waals surface area contributed by atoms with Gasteiger partial charge in [-0.3, -0.25) is 0 Å². The summed E-state index contributed by atoms with van der Waals surface area (Å²) in [7, 11) is 0. The van der Waals surface area contributed by atoms with Crippen molar-refractivity contribution in [2.45, 2.75) is 6.61 Å². The molecule has 0 N–H and O–H groups in total. The van der Waals surface area contributed by atoms with Crippen molar-refractivity contribution in [1.82, 2.24) is 20.2 Å². The molecule has 6 nitrogen and oxygen atoms in total. The third-order valence-electron chi connectivity index (χ3n) is 4.10. The lowest BCUT2D eigenvalue weighted by Crippen LogP contribution is -2.06. The smallest absolute Gasteiger partial charge is 0.194 e. The molecule has 0 spiro atoms. The van der Waals surface area contributed by atoms with E-state index in [1.54, 1.807) is 4.68 Å². The molecule has 1 heterocycles. The molecule has 0 unspecified atom stereocenters. The maximum Gasteiger partial charge on any atom is 0.194 e. The Morgan fingerprint density at radius 2 is 1.52 bits per heavy atom. The van der Waals surface area contributed by atoms with Crippen LogP contribution in [0.15, 0.2) is 78.9 Å². The van der Waals surface area contributed by atoms with Crippen molar-refractivity contribution >= 4 is 0 Å². The maximum absolute atomic E-state index is 8.88. The van der Waals surface area contributed by atoms with E-state index in [0.717, 1.165) is 22.6 Å². The summed E-state index contributed by atoms with van der Waals surface area (Å²) >= 11 is 0. The van der Waals surface area contributed by atoms with Crippen molar-refractivity contribution in [3.05, 3.63) is 90.3 Å². The molecule has 0 aliphatic heterocycles. The molecule has 27 heavy (non-hydrogen) atoms. The molecule has 1 aromatic heterocycles. The van der Waals surface area contributed by atoms with Crippen LogP contribution in [-0.4, -0.2) is 20.2 Å². The SMILES string of the molecule is N#Cc1ccc(-c2ccc(OCc3nnnn3-c3ccccc3)cc2)cc1. The molecule has 4 aromatic rings. The van der Waals surface area contributed by atoms with E-state index in [2.05, 4.69) is 21.6 Å². The van der Waals surface area contributed by atoms with Crippen LogP contribution < -0.4 is 4.74 Å². The standard InChI is InChI=1S/C21H15N5O/c22-14-16-6-8-17(9-7-16)18-10-12-20(13-11-18)27-15-21-23-24-25-26(21)19-4-2-1-3-5-19/h1-13H,15H2. The summed E-state index contributed by atoms with van der Waals surface area (Å²) in [6.45, 7) is 0.262. The number of tetrazole rings is 1. The first-order valence-corrected chi connectivity index (χ1v) is 8.39. The maximum atomic E-state index is 8.88. The van der Waals surface area contributed by atoms with Crippen molar-refractivity contribution in [2.24, 2.45) is 0 Å². The zero-order chi connectivity index (χ0) is 18.5. The van der Waals surface area contributed by atoms with Crippen LogP contribution in [0, 0.1) is 11.3 Å². The number of nitriles is 1. The van der Waals surface area contributed by atoms with E-state index in [4.69, 9.17) is 10.00 Å². The molecule has 0 amide bonds. The average molecular weight is 353 g/mol. The Labute approximate surface area is 156 Å². The zero-order valence-corrected chi connectivity index (χ0v) is 14.4. The highest BCUT2D eigenvalue weighted by Gasteiger charge is 2.09. The van der Waals surface area contributed by atoms with Gasteiger partial charge in [0, 0.05) is 0 Å². The predicted octanol–water partition coefficient (Wildman–Crippen LogP) is 3.78. The molecule has 130 valence electrons. The Balaban J connectivity index is 1.45. The first-order valence-electron chi connectivity index (χ1n) is 8.39. The van der Waals surface area contributed by atoms with Crippen LogP contribution in [0.2, 0.25) is 0 Å².